The Labute approximate surface area is 191 Å². The van der Waals surface area contributed by atoms with Crippen LogP contribution >= 0.6 is 0 Å². The van der Waals surface area contributed by atoms with Gasteiger partial charge >= 0.3 is 0 Å². The average Bonchev–Trinajstić information content (AvgIpc) is 3.48. The summed E-state index contributed by atoms with van der Waals surface area (Å²) in [5.74, 6) is 0.0730. The first-order chi connectivity index (χ1) is 16.0. The molecule has 1 aliphatic rings. The second kappa shape index (κ2) is 10.0. The van der Waals surface area contributed by atoms with Crippen molar-refractivity contribution in [2.45, 2.75) is 19.9 Å². The predicted molar refractivity (Wildman–Crippen MR) is 123 cm³/mol. The maximum Gasteiger partial charge on any atom is 0.253 e. The van der Waals surface area contributed by atoms with Gasteiger partial charge in [-0.25, -0.2) is 0 Å². The number of carbonyl (C=O) groups excluding carboxylic acids is 3. The van der Waals surface area contributed by atoms with E-state index < -0.39 is 5.92 Å². The molecule has 4 rings (SSSR count). The first-order valence-electron chi connectivity index (χ1n) is 10.8. The predicted octanol–water partition coefficient (Wildman–Crippen LogP) is 3.60. The molecule has 0 unspecified atom stereocenters. The van der Waals surface area contributed by atoms with Crippen molar-refractivity contribution in [2.75, 3.05) is 23.4 Å². The molecule has 3 amide bonds. The van der Waals surface area contributed by atoms with Crippen LogP contribution in [0.1, 0.15) is 29.5 Å². The minimum absolute atomic E-state index is 0.103. The molecule has 33 heavy (non-hydrogen) atoms. The number of nitrogens with zero attached hydrogens (tertiary/aromatic N) is 1. The average molecular weight is 447 g/mol. The molecule has 0 bridgehead atoms. The third-order valence-corrected chi connectivity index (χ3v) is 5.39. The van der Waals surface area contributed by atoms with Crippen molar-refractivity contribution in [2.24, 2.45) is 5.92 Å². The van der Waals surface area contributed by atoms with Gasteiger partial charge in [0.05, 0.1) is 36.6 Å². The molecule has 1 atom stereocenters. The summed E-state index contributed by atoms with van der Waals surface area (Å²) in [7, 11) is 0. The third-order valence-electron chi connectivity index (χ3n) is 5.39. The van der Waals surface area contributed by atoms with Gasteiger partial charge in [-0.3, -0.25) is 14.4 Å². The van der Waals surface area contributed by atoms with Crippen LogP contribution < -0.4 is 20.3 Å². The molecule has 0 radical (unpaired) electrons. The summed E-state index contributed by atoms with van der Waals surface area (Å²) in [5.41, 5.74) is 1.45. The Bertz CT molecular complexity index is 1130. The second-order valence-electron chi connectivity index (χ2n) is 7.63. The zero-order chi connectivity index (χ0) is 23.2. The fourth-order valence-electron chi connectivity index (χ4n) is 3.72. The lowest BCUT2D eigenvalue weighted by atomic mass is 10.1. The van der Waals surface area contributed by atoms with E-state index in [1.165, 1.54) is 6.26 Å². The molecule has 1 aromatic heterocycles. The maximum atomic E-state index is 12.9. The molecule has 1 saturated heterocycles. The monoisotopic (exact) mass is 447 g/mol. The van der Waals surface area contributed by atoms with Crippen LogP contribution in [0.4, 0.5) is 11.4 Å². The van der Waals surface area contributed by atoms with Crippen molar-refractivity contribution in [1.29, 1.82) is 0 Å². The van der Waals surface area contributed by atoms with Gasteiger partial charge in [0.15, 0.2) is 0 Å². The smallest absolute Gasteiger partial charge is 0.253 e. The fourth-order valence-corrected chi connectivity index (χ4v) is 3.72. The molecule has 0 saturated carbocycles. The summed E-state index contributed by atoms with van der Waals surface area (Å²) in [5, 5.41) is 5.60. The zero-order valence-corrected chi connectivity index (χ0v) is 18.2. The van der Waals surface area contributed by atoms with E-state index in [9.17, 15) is 14.4 Å². The lowest BCUT2D eigenvalue weighted by Crippen LogP contribution is -2.29. The van der Waals surface area contributed by atoms with Crippen molar-refractivity contribution < 1.29 is 23.5 Å². The highest BCUT2D eigenvalue weighted by Gasteiger charge is 2.35. The van der Waals surface area contributed by atoms with Crippen molar-refractivity contribution >= 4 is 29.1 Å². The lowest BCUT2D eigenvalue weighted by Gasteiger charge is -2.17. The van der Waals surface area contributed by atoms with E-state index >= 15 is 0 Å². The molecular formula is C25H25N3O5. The molecule has 0 aliphatic carbocycles. The first-order valence-corrected chi connectivity index (χ1v) is 10.8. The van der Waals surface area contributed by atoms with E-state index in [4.69, 9.17) is 9.15 Å². The zero-order valence-electron chi connectivity index (χ0n) is 18.2. The molecule has 2 aromatic carbocycles. The van der Waals surface area contributed by atoms with Crippen molar-refractivity contribution in [3.63, 3.8) is 0 Å². The molecule has 8 heteroatoms. The maximum absolute atomic E-state index is 12.9. The van der Waals surface area contributed by atoms with Crippen LogP contribution in [0, 0.1) is 5.92 Å². The molecule has 170 valence electrons. The second-order valence-corrected chi connectivity index (χ2v) is 7.63. The quantitative estimate of drug-likeness (QED) is 0.550. The number of rotatable bonds is 8. The summed E-state index contributed by atoms with van der Waals surface area (Å²) in [6.45, 7) is 2.97. The number of hydrogen-bond donors (Lipinski definition) is 2. The van der Waals surface area contributed by atoms with Gasteiger partial charge in [-0.1, -0.05) is 12.1 Å². The molecule has 2 N–H and O–H groups in total. The van der Waals surface area contributed by atoms with Crippen LogP contribution in [0.2, 0.25) is 0 Å². The largest absolute Gasteiger partial charge is 0.494 e. The Morgan fingerprint density at radius 1 is 1.09 bits per heavy atom. The van der Waals surface area contributed by atoms with Crippen LogP contribution in [-0.4, -0.2) is 30.9 Å². The normalized spacial score (nSPS) is 15.4. The van der Waals surface area contributed by atoms with E-state index in [1.54, 1.807) is 53.4 Å². The van der Waals surface area contributed by atoms with Gasteiger partial charge in [0.1, 0.15) is 11.5 Å². The van der Waals surface area contributed by atoms with Gasteiger partial charge in [0.25, 0.3) is 5.91 Å². The van der Waals surface area contributed by atoms with E-state index in [1.807, 2.05) is 19.1 Å². The Balaban J connectivity index is 1.40. The third kappa shape index (κ3) is 5.23. The Morgan fingerprint density at radius 2 is 1.88 bits per heavy atom. The number of para-hydroxylation sites is 1. The molecule has 3 aromatic rings. The first kappa shape index (κ1) is 22.1. The van der Waals surface area contributed by atoms with Crippen molar-refractivity contribution in [1.82, 2.24) is 5.32 Å². The van der Waals surface area contributed by atoms with E-state index in [0.29, 0.717) is 23.6 Å². The van der Waals surface area contributed by atoms with Crippen LogP contribution in [-0.2, 0) is 16.1 Å². The van der Waals surface area contributed by atoms with Gasteiger partial charge < -0.3 is 24.7 Å². The number of carbonyl (C=O) groups is 3. The summed E-state index contributed by atoms with van der Waals surface area (Å²) < 4.78 is 10.7. The van der Waals surface area contributed by atoms with Gasteiger partial charge in [0, 0.05) is 18.7 Å². The summed E-state index contributed by atoms with van der Waals surface area (Å²) in [4.78, 5) is 39.8. The van der Waals surface area contributed by atoms with Crippen LogP contribution in [0.3, 0.4) is 0 Å². The number of amides is 3. The molecule has 1 aliphatic heterocycles. The van der Waals surface area contributed by atoms with Crippen LogP contribution in [0.25, 0.3) is 0 Å². The highest BCUT2D eigenvalue weighted by molar-refractivity contribution is 6.07. The fraction of sp³-hybridized carbons (Fsp3) is 0.240. The number of ether oxygens (including phenoxy) is 1. The number of hydrogen-bond acceptors (Lipinski definition) is 5. The van der Waals surface area contributed by atoms with E-state index in [0.717, 1.165) is 11.4 Å². The van der Waals surface area contributed by atoms with E-state index in [2.05, 4.69) is 10.6 Å². The highest BCUT2D eigenvalue weighted by Crippen LogP contribution is 2.28. The molecule has 1 fully saturated rings. The lowest BCUT2D eigenvalue weighted by molar-refractivity contribution is -0.122. The number of furan rings is 1. The Hall–Kier alpha value is -4.07. The number of benzene rings is 2. The minimum atomic E-state index is -0.525. The topological polar surface area (TPSA) is 101 Å². The molecule has 0 spiro atoms. The minimum Gasteiger partial charge on any atom is -0.494 e. The molecule has 2 heterocycles. The van der Waals surface area contributed by atoms with Gasteiger partial charge in [0.2, 0.25) is 11.8 Å². The van der Waals surface area contributed by atoms with Crippen LogP contribution in [0.15, 0.2) is 71.3 Å². The van der Waals surface area contributed by atoms with Gasteiger partial charge in [-0.2, -0.15) is 0 Å². The van der Waals surface area contributed by atoms with E-state index in [-0.39, 0.29) is 37.2 Å². The Morgan fingerprint density at radius 3 is 2.61 bits per heavy atom. The standard InChI is InChI=1S/C25H25N3O5/c1-2-32-19-11-9-18(10-12-19)28-16-17(14-23(28)29)24(30)27-22-8-4-3-7-21(22)25(31)26-15-20-6-5-13-33-20/h3-13,17H,2,14-16H2,1H3,(H,26,31)(H,27,30)/t17-/m0/s1. The Kier molecular flexibility index (Phi) is 6.73. The van der Waals surface area contributed by atoms with Crippen molar-refractivity contribution in [3.8, 4) is 5.75 Å². The van der Waals surface area contributed by atoms with Crippen LogP contribution in [0.5, 0.6) is 5.75 Å². The molecule has 8 nitrogen and oxygen atoms in total. The number of nitrogens with one attached hydrogen (secondary N) is 2. The summed E-state index contributed by atoms with van der Waals surface area (Å²) in [6.07, 6.45) is 1.64. The summed E-state index contributed by atoms with van der Waals surface area (Å²) >= 11 is 0. The highest BCUT2D eigenvalue weighted by atomic mass is 16.5. The van der Waals surface area contributed by atoms with Gasteiger partial charge in [-0.05, 0) is 55.5 Å². The number of anilines is 2. The summed E-state index contributed by atoms with van der Waals surface area (Å²) in [6, 6.07) is 17.5. The van der Waals surface area contributed by atoms with Crippen molar-refractivity contribution in [3.05, 3.63) is 78.3 Å². The molecular weight excluding hydrogens is 422 g/mol. The SMILES string of the molecule is CCOc1ccc(N2C[C@@H](C(=O)Nc3ccccc3C(=O)NCc3ccco3)CC2=O)cc1. The van der Waals surface area contributed by atoms with Gasteiger partial charge in [-0.15, -0.1) is 0 Å².